The predicted octanol–water partition coefficient (Wildman–Crippen LogP) is 3.85. The molecule has 3 rings (SSSR count). The number of aromatic carboxylic acids is 1. The number of hydrogen-bond acceptors (Lipinski definition) is 7. The molecular weight excluding hydrogens is 573 g/mol. The van der Waals surface area contributed by atoms with Gasteiger partial charge in [-0.3, -0.25) is 10.1 Å². The van der Waals surface area contributed by atoms with Gasteiger partial charge in [0.1, 0.15) is 0 Å². The van der Waals surface area contributed by atoms with Crippen LogP contribution >= 0.6 is 0 Å². The minimum absolute atomic E-state index is 0. The number of nitrogens with one attached hydrogen (secondary N) is 2. The zero-order chi connectivity index (χ0) is 21.4. The molecule has 160 valence electrons. The fourth-order valence-electron chi connectivity index (χ4n) is 2.66. The van der Waals surface area contributed by atoms with Crippen LogP contribution < -0.4 is 10.2 Å². The molecule has 1 fully saturated rings. The summed E-state index contributed by atoms with van der Waals surface area (Å²) in [6, 6.07) is 8.67. The Bertz CT molecular complexity index is 899. The van der Waals surface area contributed by atoms with Crippen molar-refractivity contribution in [1.82, 2.24) is 0 Å². The maximum atomic E-state index is 11.4. The molecule has 2 unspecified atom stereocenters. The number of nitro groups is 1. The van der Waals surface area contributed by atoms with Crippen LogP contribution in [0.15, 0.2) is 52.7 Å². The van der Waals surface area contributed by atoms with Gasteiger partial charge in [0.05, 0.1) is 22.3 Å². The Labute approximate surface area is 187 Å². The number of nitro benzene ring substituents is 1. The second kappa shape index (κ2) is 12.1. The molecule has 0 spiro atoms. The zero-order valence-electron chi connectivity index (χ0n) is 15.7. The summed E-state index contributed by atoms with van der Waals surface area (Å²) in [6.45, 7) is 0. The predicted molar refractivity (Wildman–Crippen MR) is 102 cm³/mol. The van der Waals surface area contributed by atoms with Crippen LogP contribution in [0.5, 0.6) is 5.75 Å². The number of rotatable bonds is 4. The van der Waals surface area contributed by atoms with E-state index in [9.17, 15) is 25.1 Å². The summed E-state index contributed by atoms with van der Waals surface area (Å²) >= 11 is 0. The number of carbonyl (C=O) groups excluding carboxylic acids is 1. The molecule has 0 amide bonds. The van der Waals surface area contributed by atoms with Crippen molar-refractivity contribution in [2.24, 2.45) is 10.2 Å². The van der Waals surface area contributed by atoms with Crippen molar-refractivity contribution < 1.29 is 41.0 Å². The summed E-state index contributed by atoms with van der Waals surface area (Å²) in [5.41, 5.74) is 14.3. The minimum atomic E-state index is -1.57. The van der Waals surface area contributed by atoms with E-state index >= 15 is 0 Å². The second-order valence-electron chi connectivity index (χ2n) is 6.44. The first-order valence-corrected chi connectivity index (χ1v) is 8.88. The van der Waals surface area contributed by atoms with Gasteiger partial charge >= 0.3 is 21.1 Å². The van der Waals surface area contributed by atoms with Gasteiger partial charge in [0.15, 0.2) is 0 Å². The van der Waals surface area contributed by atoms with Crippen LogP contribution in [0.3, 0.4) is 0 Å². The van der Waals surface area contributed by atoms with Crippen molar-refractivity contribution in [3.63, 3.8) is 0 Å². The maximum absolute atomic E-state index is 11.4. The SMILES string of the molecule is O=C([O-])c1ccc(N=Nc2cccc([N+](=O)[O-])c2)cc1[O-].[NH-]C1CCCCC1[NH-].[Pt+4]. The number of hydrogen-bond donors (Lipinski definition) is 0. The molecule has 0 aliphatic heterocycles. The van der Waals surface area contributed by atoms with Crippen LogP contribution in [0.4, 0.5) is 17.1 Å². The molecule has 10 nitrogen and oxygen atoms in total. The number of carboxylic acids is 1. The van der Waals surface area contributed by atoms with Gasteiger partial charge < -0.3 is 26.5 Å². The largest absolute Gasteiger partial charge is 4.00 e. The molecule has 2 atom stereocenters. The molecule has 0 saturated heterocycles. The molecule has 0 heterocycles. The third kappa shape index (κ3) is 7.62. The summed E-state index contributed by atoms with van der Waals surface area (Å²) in [6.07, 6.45) is 4.25. The van der Waals surface area contributed by atoms with Crippen molar-refractivity contribution in [2.45, 2.75) is 37.8 Å². The summed E-state index contributed by atoms with van der Waals surface area (Å²) in [5, 5.41) is 40.1. The van der Waals surface area contributed by atoms with Crippen LogP contribution in [0.2, 0.25) is 0 Å². The smallest absolute Gasteiger partial charge is 0.872 e. The zero-order valence-corrected chi connectivity index (χ0v) is 18.0. The Morgan fingerprint density at radius 3 is 2.03 bits per heavy atom. The summed E-state index contributed by atoms with van der Waals surface area (Å²) in [4.78, 5) is 20.6. The van der Waals surface area contributed by atoms with Crippen LogP contribution in [-0.4, -0.2) is 23.0 Å². The molecule has 0 bridgehead atoms. The van der Waals surface area contributed by atoms with E-state index in [4.69, 9.17) is 11.5 Å². The Balaban J connectivity index is 0.000000421. The topological polar surface area (TPSA) is 179 Å². The third-order valence-electron chi connectivity index (χ3n) is 4.27. The first-order valence-electron chi connectivity index (χ1n) is 8.88. The summed E-state index contributed by atoms with van der Waals surface area (Å²) in [5.74, 6) is -2.31. The van der Waals surface area contributed by atoms with Gasteiger partial charge in [-0.25, -0.2) is 0 Å². The molecule has 2 aromatic carbocycles. The third-order valence-corrected chi connectivity index (χ3v) is 4.27. The van der Waals surface area contributed by atoms with Gasteiger partial charge in [0.25, 0.3) is 5.69 Å². The van der Waals surface area contributed by atoms with Gasteiger partial charge in [0, 0.05) is 12.1 Å². The van der Waals surface area contributed by atoms with E-state index in [0.29, 0.717) is 0 Å². The van der Waals surface area contributed by atoms with Gasteiger partial charge in [-0.15, -0.1) is 0 Å². The Hall–Kier alpha value is -2.68. The summed E-state index contributed by atoms with van der Waals surface area (Å²) < 4.78 is 0. The number of non-ortho nitro benzene ring substituents is 1. The van der Waals surface area contributed by atoms with Gasteiger partial charge in [-0.2, -0.15) is 22.3 Å². The van der Waals surface area contributed by atoms with E-state index in [0.717, 1.165) is 25.0 Å². The quantitative estimate of drug-likeness (QED) is 0.297. The van der Waals surface area contributed by atoms with Crippen LogP contribution in [0.1, 0.15) is 36.0 Å². The van der Waals surface area contributed by atoms with E-state index in [1.807, 2.05) is 0 Å². The normalized spacial score (nSPS) is 18.1. The Morgan fingerprint density at radius 2 is 1.57 bits per heavy atom. The van der Waals surface area contributed by atoms with E-state index in [1.54, 1.807) is 0 Å². The Kier molecular flexibility index (Phi) is 10.2. The van der Waals surface area contributed by atoms with Crippen molar-refractivity contribution in [1.29, 1.82) is 0 Å². The molecule has 30 heavy (non-hydrogen) atoms. The van der Waals surface area contributed by atoms with Crippen molar-refractivity contribution >= 4 is 23.0 Å². The van der Waals surface area contributed by atoms with Crippen LogP contribution in [0.25, 0.3) is 11.5 Å². The molecule has 11 heteroatoms. The molecular formula is C19H19N5O5Pt. The van der Waals surface area contributed by atoms with Crippen molar-refractivity contribution in [3.8, 4) is 5.75 Å². The molecule has 0 radical (unpaired) electrons. The average Bonchev–Trinajstić information content (AvgIpc) is 2.69. The number of carboxylic acid groups (broad SMARTS) is 1. The number of azo groups is 1. The van der Waals surface area contributed by atoms with Crippen molar-refractivity contribution in [2.75, 3.05) is 0 Å². The minimum Gasteiger partial charge on any atom is -0.872 e. The first kappa shape index (κ1) is 25.4. The molecule has 2 aromatic rings. The van der Waals surface area contributed by atoms with Gasteiger partial charge in [-0.05, 0) is 23.8 Å². The van der Waals surface area contributed by atoms with E-state index in [2.05, 4.69) is 10.2 Å². The molecule has 1 saturated carbocycles. The number of benzene rings is 2. The van der Waals surface area contributed by atoms with Gasteiger partial charge in [-0.1, -0.05) is 43.6 Å². The maximum Gasteiger partial charge on any atom is 4.00 e. The molecule has 0 aromatic heterocycles. The van der Waals surface area contributed by atoms with Gasteiger partial charge in [0.2, 0.25) is 0 Å². The average molecular weight is 592 g/mol. The fourth-order valence-corrected chi connectivity index (χ4v) is 2.66. The Morgan fingerprint density at radius 1 is 1.00 bits per heavy atom. The van der Waals surface area contributed by atoms with E-state index in [-0.39, 0.29) is 50.2 Å². The fraction of sp³-hybridized carbons (Fsp3) is 0.316. The molecule has 2 N–H and O–H groups in total. The number of nitrogens with zero attached hydrogens (tertiary/aromatic N) is 3. The first-order chi connectivity index (χ1) is 13.8. The van der Waals surface area contributed by atoms with Crippen LogP contribution in [-0.2, 0) is 21.1 Å². The van der Waals surface area contributed by atoms with E-state index < -0.39 is 22.2 Å². The molecule has 1 aliphatic rings. The van der Waals surface area contributed by atoms with Crippen LogP contribution in [0, 0.1) is 10.1 Å². The van der Waals surface area contributed by atoms with Crippen molar-refractivity contribution in [3.05, 3.63) is 69.6 Å². The number of carbonyl (C=O) groups is 1. The second-order valence-corrected chi connectivity index (χ2v) is 6.44. The summed E-state index contributed by atoms with van der Waals surface area (Å²) in [7, 11) is 0. The standard InChI is InChI=1S/C13H9N3O5.C6H12N2.Pt/c17-12-7-9(4-5-11(12)13(18)19)15-14-8-2-1-3-10(6-8)16(20)21;7-5-3-1-2-4-6(5)8;/h1-7,17H,(H,18,19);5-8H,1-4H2;/q;-2;+4/p-2. The van der Waals surface area contributed by atoms with E-state index in [1.165, 1.54) is 43.2 Å². The monoisotopic (exact) mass is 592 g/mol. The molecule has 1 aliphatic carbocycles.